The number of nitriles is 1. The third-order valence-corrected chi connectivity index (χ3v) is 2.98. The van der Waals surface area contributed by atoms with Gasteiger partial charge in [-0.05, 0) is 19.3 Å². The van der Waals surface area contributed by atoms with Gasteiger partial charge in [0.15, 0.2) is 0 Å². The Bertz CT molecular complexity index is 302. The highest BCUT2D eigenvalue weighted by atomic mass is 16.5. The molecule has 3 heteroatoms. The van der Waals surface area contributed by atoms with Crippen LogP contribution in [0.5, 0.6) is 0 Å². The number of nitrogens with zero attached hydrogens (tertiary/aromatic N) is 1. The maximum Gasteiger partial charge on any atom is 0.348 e. The minimum atomic E-state index is -0.470. The molecule has 0 saturated heterocycles. The summed E-state index contributed by atoms with van der Waals surface area (Å²) in [5, 5.41) is 8.91. The topological polar surface area (TPSA) is 50.1 Å². The molecule has 0 amide bonds. The van der Waals surface area contributed by atoms with Crippen molar-refractivity contribution in [3.05, 3.63) is 11.6 Å². The predicted molar refractivity (Wildman–Crippen MR) is 77.6 cm³/mol. The summed E-state index contributed by atoms with van der Waals surface area (Å²) in [6.07, 6.45) is 11.6. The molecule has 0 aromatic heterocycles. The highest BCUT2D eigenvalue weighted by Crippen LogP contribution is 2.09. The summed E-state index contributed by atoms with van der Waals surface area (Å²) >= 11 is 0. The zero-order valence-corrected chi connectivity index (χ0v) is 12.4. The number of hydrogen-bond acceptors (Lipinski definition) is 3. The molecule has 0 aromatic carbocycles. The maximum absolute atomic E-state index is 11.5. The molecule has 0 spiro atoms. The van der Waals surface area contributed by atoms with Crippen molar-refractivity contribution in [3.8, 4) is 6.07 Å². The number of carbonyl (C=O) groups excluding carboxylic acids is 1. The normalized spacial score (nSPS) is 11.1. The molecule has 3 nitrogen and oxygen atoms in total. The lowest BCUT2D eigenvalue weighted by atomic mass is 10.1. The van der Waals surface area contributed by atoms with Gasteiger partial charge in [0.05, 0.1) is 6.61 Å². The number of esters is 1. The van der Waals surface area contributed by atoms with E-state index in [9.17, 15) is 4.79 Å². The summed E-state index contributed by atoms with van der Waals surface area (Å²) in [7, 11) is 0. The first-order valence-corrected chi connectivity index (χ1v) is 7.53. The van der Waals surface area contributed by atoms with E-state index in [0.29, 0.717) is 6.61 Å². The first kappa shape index (κ1) is 17.7. The van der Waals surface area contributed by atoms with Gasteiger partial charge in [0.1, 0.15) is 11.6 Å². The number of unbranched alkanes of at least 4 members (excludes halogenated alkanes) is 7. The fraction of sp³-hybridized carbons (Fsp3) is 0.750. The molecule has 0 aliphatic carbocycles. The van der Waals surface area contributed by atoms with Crippen LogP contribution < -0.4 is 0 Å². The molecule has 0 N–H and O–H groups in total. The van der Waals surface area contributed by atoms with Gasteiger partial charge in [0, 0.05) is 0 Å². The lowest BCUT2D eigenvalue weighted by molar-refractivity contribution is -0.138. The smallest absolute Gasteiger partial charge is 0.348 e. The molecule has 19 heavy (non-hydrogen) atoms. The molecule has 0 aliphatic rings. The van der Waals surface area contributed by atoms with Gasteiger partial charge < -0.3 is 4.74 Å². The molecule has 0 unspecified atom stereocenters. The van der Waals surface area contributed by atoms with Crippen LogP contribution in [0.15, 0.2) is 11.6 Å². The van der Waals surface area contributed by atoms with Crippen LogP contribution in [0.4, 0.5) is 0 Å². The second kappa shape index (κ2) is 13.1. The Hall–Kier alpha value is -1.30. The van der Waals surface area contributed by atoms with Gasteiger partial charge in [0.25, 0.3) is 0 Å². The van der Waals surface area contributed by atoms with Gasteiger partial charge >= 0.3 is 5.97 Å². The molecular formula is C16H27NO2. The Labute approximate surface area is 117 Å². The number of hydrogen-bond donors (Lipinski definition) is 0. The van der Waals surface area contributed by atoms with Crippen LogP contribution in [-0.4, -0.2) is 12.6 Å². The van der Waals surface area contributed by atoms with Crippen LogP contribution in [0, 0.1) is 11.3 Å². The fourth-order valence-electron chi connectivity index (χ4n) is 1.73. The molecular weight excluding hydrogens is 238 g/mol. The Morgan fingerprint density at radius 1 is 1.05 bits per heavy atom. The zero-order chi connectivity index (χ0) is 14.3. The lowest BCUT2D eigenvalue weighted by Gasteiger charge is -2.02. The van der Waals surface area contributed by atoms with Crippen molar-refractivity contribution in [1.29, 1.82) is 5.26 Å². The molecule has 0 aromatic rings. The van der Waals surface area contributed by atoms with Gasteiger partial charge in [-0.15, -0.1) is 0 Å². The molecule has 0 atom stereocenters. The highest BCUT2D eigenvalue weighted by Gasteiger charge is 2.09. The number of ether oxygens (including phenoxy) is 1. The summed E-state index contributed by atoms with van der Waals surface area (Å²) in [6.45, 7) is 4.64. The van der Waals surface area contributed by atoms with Crippen LogP contribution >= 0.6 is 0 Å². The number of allylic oxidation sites excluding steroid dienone is 1. The Balaban J connectivity index is 3.79. The van der Waals surface area contributed by atoms with Crippen LogP contribution in [0.1, 0.15) is 71.6 Å². The Kier molecular flexibility index (Phi) is 12.2. The molecule has 0 aliphatic heterocycles. The zero-order valence-electron chi connectivity index (χ0n) is 12.4. The average Bonchev–Trinajstić information content (AvgIpc) is 2.42. The monoisotopic (exact) mass is 265 g/mol. The molecule has 0 bridgehead atoms. The maximum atomic E-state index is 11.5. The van der Waals surface area contributed by atoms with E-state index in [1.54, 1.807) is 6.08 Å². The molecule has 0 saturated carbocycles. The molecule has 0 radical (unpaired) electrons. The minimum absolute atomic E-state index is 0.157. The summed E-state index contributed by atoms with van der Waals surface area (Å²) in [4.78, 5) is 11.5. The highest BCUT2D eigenvalue weighted by molar-refractivity contribution is 5.92. The van der Waals surface area contributed by atoms with E-state index in [-0.39, 0.29) is 5.57 Å². The van der Waals surface area contributed by atoms with Crippen molar-refractivity contribution in [2.75, 3.05) is 6.61 Å². The fourth-order valence-corrected chi connectivity index (χ4v) is 1.73. The van der Waals surface area contributed by atoms with E-state index in [0.717, 1.165) is 25.7 Å². The summed E-state index contributed by atoms with van der Waals surface area (Å²) < 4.78 is 5.02. The molecule has 0 heterocycles. The first-order chi connectivity index (χ1) is 9.26. The molecule has 0 fully saturated rings. The first-order valence-electron chi connectivity index (χ1n) is 7.53. The van der Waals surface area contributed by atoms with Crippen molar-refractivity contribution >= 4 is 5.97 Å². The second-order valence-corrected chi connectivity index (χ2v) is 4.78. The van der Waals surface area contributed by atoms with E-state index >= 15 is 0 Å². The third-order valence-electron chi connectivity index (χ3n) is 2.98. The largest absolute Gasteiger partial charge is 0.462 e. The van der Waals surface area contributed by atoms with Crippen molar-refractivity contribution in [1.82, 2.24) is 0 Å². The SMILES string of the molecule is CCCCCCCC/C=C(\C#N)C(=O)OCCCC. The van der Waals surface area contributed by atoms with Crippen LogP contribution in [0.3, 0.4) is 0 Å². The van der Waals surface area contributed by atoms with E-state index in [1.165, 1.54) is 32.1 Å². The summed E-state index contributed by atoms with van der Waals surface area (Å²) in [5.74, 6) is -0.470. The van der Waals surface area contributed by atoms with Crippen LogP contribution in [0.2, 0.25) is 0 Å². The lowest BCUT2D eigenvalue weighted by Crippen LogP contribution is -2.07. The van der Waals surface area contributed by atoms with Crippen molar-refractivity contribution in [3.63, 3.8) is 0 Å². The minimum Gasteiger partial charge on any atom is -0.462 e. The van der Waals surface area contributed by atoms with E-state index in [1.807, 2.05) is 13.0 Å². The number of rotatable bonds is 11. The number of carbonyl (C=O) groups is 1. The van der Waals surface area contributed by atoms with Crippen molar-refractivity contribution < 1.29 is 9.53 Å². The molecule has 108 valence electrons. The standard InChI is InChI=1S/C16H27NO2/c1-3-5-7-8-9-10-11-12-15(14-17)16(18)19-13-6-4-2/h12H,3-11,13H2,1-2H3/b15-12+. The van der Waals surface area contributed by atoms with Crippen molar-refractivity contribution in [2.45, 2.75) is 71.6 Å². The Morgan fingerprint density at radius 3 is 2.32 bits per heavy atom. The van der Waals surface area contributed by atoms with Gasteiger partial charge in [0.2, 0.25) is 0 Å². The molecule has 0 rings (SSSR count). The van der Waals surface area contributed by atoms with Crippen LogP contribution in [-0.2, 0) is 9.53 Å². The average molecular weight is 265 g/mol. The van der Waals surface area contributed by atoms with Crippen molar-refractivity contribution in [2.24, 2.45) is 0 Å². The van der Waals surface area contributed by atoms with Gasteiger partial charge in [-0.2, -0.15) is 5.26 Å². The predicted octanol–water partition coefficient (Wildman–Crippen LogP) is 4.53. The third kappa shape index (κ3) is 10.3. The quantitative estimate of drug-likeness (QED) is 0.239. The Morgan fingerprint density at radius 2 is 1.68 bits per heavy atom. The van der Waals surface area contributed by atoms with E-state index in [2.05, 4.69) is 6.92 Å². The van der Waals surface area contributed by atoms with Crippen LogP contribution in [0.25, 0.3) is 0 Å². The van der Waals surface area contributed by atoms with E-state index in [4.69, 9.17) is 10.00 Å². The van der Waals surface area contributed by atoms with E-state index < -0.39 is 5.97 Å². The van der Waals surface area contributed by atoms with Gasteiger partial charge in [-0.1, -0.05) is 58.4 Å². The summed E-state index contributed by atoms with van der Waals surface area (Å²) in [6, 6.07) is 1.93. The second-order valence-electron chi connectivity index (χ2n) is 4.78. The van der Waals surface area contributed by atoms with Gasteiger partial charge in [-0.25, -0.2) is 4.79 Å². The van der Waals surface area contributed by atoms with Gasteiger partial charge in [-0.3, -0.25) is 0 Å². The summed E-state index contributed by atoms with van der Waals surface area (Å²) in [5.41, 5.74) is 0.157.